The average molecular weight is 435 g/mol. The Labute approximate surface area is 173 Å². The van der Waals surface area contributed by atoms with Crippen molar-refractivity contribution < 1.29 is 27.5 Å². The predicted octanol–water partition coefficient (Wildman–Crippen LogP) is 4.61. The average Bonchev–Trinajstić information content (AvgIpc) is 3.14. The Morgan fingerprint density at radius 3 is 2.33 bits per heavy atom. The fourth-order valence-corrected chi connectivity index (χ4v) is 2.98. The number of amides is 2. The third-order valence-electron chi connectivity index (χ3n) is 3.87. The van der Waals surface area contributed by atoms with E-state index in [1.165, 1.54) is 43.5 Å². The van der Waals surface area contributed by atoms with Gasteiger partial charge in [0, 0.05) is 17.1 Å². The predicted molar refractivity (Wildman–Crippen MR) is 106 cm³/mol. The Balaban J connectivity index is 1.64. The number of benzene rings is 2. The van der Waals surface area contributed by atoms with Crippen molar-refractivity contribution in [2.24, 2.45) is 0 Å². The highest BCUT2D eigenvalue weighted by atomic mass is 32.1. The maximum absolute atomic E-state index is 13.8. The second kappa shape index (κ2) is 8.54. The van der Waals surface area contributed by atoms with Gasteiger partial charge in [0.2, 0.25) is 0 Å². The van der Waals surface area contributed by atoms with Crippen LogP contribution in [0.3, 0.4) is 0 Å². The van der Waals surface area contributed by atoms with E-state index in [1.807, 2.05) is 0 Å². The van der Waals surface area contributed by atoms with Gasteiger partial charge in [-0.2, -0.15) is 0 Å². The van der Waals surface area contributed by atoms with Crippen molar-refractivity contribution >= 4 is 34.0 Å². The summed E-state index contributed by atoms with van der Waals surface area (Å²) in [5.74, 6) is -3.61. The highest BCUT2D eigenvalue weighted by Crippen LogP contribution is 2.25. The quantitative estimate of drug-likeness (QED) is 0.593. The van der Waals surface area contributed by atoms with Crippen LogP contribution in [0, 0.1) is 17.5 Å². The summed E-state index contributed by atoms with van der Waals surface area (Å²) < 4.78 is 45.1. The molecule has 0 spiro atoms. The summed E-state index contributed by atoms with van der Waals surface area (Å²) in [5, 5.41) is 6.61. The number of hydrogen-bond donors (Lipinski definition) is 2. The first-order valence-corrected chi connectivity index (χ1v) is 9.50. The number of carbonyl (C=O) groups excluding carboxylic acids is 2. The zero-order valence-corrected chi connectivity index (χ0v) is 16.6. The zero-order chi connectivity index (χ0) is 21.9. The van der Waals surface area contributed by atoms with Crippen LogP contribution in [0.2, 0.25) is 0 Å². The van der Waals surface area contributed by atoms with Gasteiger partial charge in [-0.25, -0.2) is 18.2 Å². The van der Waals surface area contributed by atoms with Crippen molar-refractivity contribution in [2.45, 2.75) is 19.4 Å². The third-order valence-corrected chi connectivity index (χ3v) is 4.62. The van der Waals surface area contributed by atoms with E-state index in [1.54, 1.807) is 0 Å². The summed E-state index contributed by atoms with van der Waals surface area (Å²) >= 11 is 1.00. The lowest BCUT2D eigenvalue weighted by atomic mass is 10.1. The van der Waals surface area contributed by atoms with Crippen molar-refractivity contribution in [3.8, 4) is 5.75 Å². The fraction of sp³-hybridized carbons (Fsp3) is 0.150. The summed E-state index contributed by atoms with van der Waals surface area (Å²) in [6.45, 7) is 2.81. The molecule has 2 N–H and O–H groups in total. The molecule has 2 amide bonds. The molecule has 0 aliphatic rings. The Bertz CT molecular complexity index is 1080. The summed E-state index contributed by atoms with van der Waals surface area (Å²) in [4.78, 5) is 28.8. The molecule has 0 radical (unpaired) electrons. The van der Waals surface area contributed by atoms with Gasteiger partial charge in [0.25, 0.3) is 11.8 Å². The number of rotatable bonds is 6. The van der Waals surface area contributed by atoms with Gasteiger partial charge in [-0.3, -0.25) is 14.9 Å². The van der Waals surface area contributed by atoms with Crippen LogP contribution in [0.4, 0.5) is 24.0 Å². The van der Waals surface area contributed by atoms with Crippen LogP contribution in [-0.2, 0) is 4.79 Å². The van der Waals surface area contributed by atoms with Crippen LogP contribution >= 0.6 is 11.3 Å². The van der Waals surface area contributed by atoms with Crippen LogP contribution in [0.25, 0.3) is 0 Å². The molecule has 0 saturated carbocycles. The molecule has 156 valence electrons. The second-order valence-corrected chi connectivity index (χ2v) is 7.50. The van der Waals surface area contributed by atoms with Gasteiger partial charge >= 0.3 is 0 Å². The van der Waals surface area contributed by atoms with Crippen molar-refractivity contribution in [1.82, 2.24) is 4.98 Å². The summed E-state index contributed by atoms with van der Waals surface area (Å²) in [6.07, 6.45) is 0. The van der Waals surface area contributed by atoms with E-state index in [4.69, 9.17) is 4.74 Å². The zero-order valence-electron chi connectivity index (χ0n) is 15.8. The van der Waals surface area contributed by atoms with Crippen LogP contribution < -0.4 is 15.4 Å². The molecule has 1 aromatic heterocycles. The van der Waals surface area contributed by atoms with E-state index >= 15 is 0 Å². The first kappa shape index (κ1) is 21.3. The largest absolute Gasteiger partial charge is 0.475 e. The first-order chi connectivity index (χ1) is 14.1. The molecule has 30 heavy (non-hydrogen) atoms. The number of anilines is 2. The molecule has 3 rings (SSSR count). The van der Waals surface area contributed by atoms with E-state index < -0.39 is 34.9 Å². The first-order valence-electron chi connectivity index (χ1n) is 8.62. The van der Waals surface area contributed by atoms with E-state index in [0.717, 1.165) is 23.5 Å². The highest BCUT2D eigenvalue weighted by molar-refractivity contribution is 7.14. The van der Waals surface area contributed by atoms with Gasteiger partial charge in [-0.05, 0) is 50.2 Å². The second-order valence-electron chi connectivity index (χ2n) is 6.64. The lowest BCUT2D eigenvalue weighted by Crippen LogP contribution is -2.42. The standard InChI is InChI=1S/C20H16F3N3O3S/c1-20(2,29-16-8-5-12(22)9-14(16)23)18(28)26-19-25-15(10-30-19)17(27)24-13-6-3-11(21)4-7-13/h3-10H,1-2H3,(H,24,27)(H,25,26,28). The third kappa shape index (κ3) is 5.15. The van der Waals surface area contributed by atoms with Crippen molar-refractivity contribution in [2.75, 3.05) is 10.6 Å². The van der Waals surface area contributed by atoms with Gasteiger partial charge in [0.05, 0.1) is 0 Å². The number of halogens is 3. The topological polar surface area (TPSA) is 80.3 Å². The maximum Gasteiger partial charge on any atom is 0.275 e. The van der Waals surface area contributed by atoms with Crippen LogP contribution in [0.5, 0.6) is 5.75 Å². The Hall–Kier alpha value is -3.40. The molecule has 0 aliphatic carbocycles. The van der Waals surface area contributed by atoms with Gasteiger partial charge in [-0.1, -0.05) is 0 Å². The molecule has 0 saturated heterocycles. The van der Waals surface area contributed by atoms with E-state index in [-0.39, 0.29) is 16.6 Å². The van der Waals surface area contributed by atoms with Gasteiger partial charge in [0.1, 0.15) is 17.3 Å². The van der Waals surface area contributed by atoms with Crippen molar-refractivity contribution in [3.63, 3.8) is 0 Å². The van der Waals surface area contributed by atoms with Gasteiger partial charge in [-0.15, -0.1) is 11.3 Å². The van der Waals surface area contributed by atoms with Crippen LogP contribution in [0.1, 0.15) is 24.3 Å². The molecule has 1 heterocycles. The lowest BCUT2D eigenvalue weighted by Gasteiger charge is -2.24. The number of thiazole rings is 1. The SMILES string of the molecule is CC(C)(Oc1ccc(F)cc1F)C(=O)Nc1nc(C(=O)Nc2ccc(F)cc2)cs1. The summed E-state index contributed by atoms with van der Waals surface area (Å²) in [6, 6.07) is 7.95. The number of nitrogens with zero attached hydrogens (tertiary/aromatic N) is 1. The highest BCUT2D eigenvalue weighted by Gasteiger charge is 2.32. The minimum atomic E-state index is -1.51. The van der Waals surface area contributed by atoms with Crippen LogP contribution in [0.15, 0.2) is 47.8 Å². The Kier molecular flexibility index (Phi) is 6.06. The molecule has 0 atom stereocenters. The Morgan fingerprint density at radius 2 is 1.67 bits per heavy atom. The molecule has 3 aromatic rings. The Morgan fingerprint density at radius 1 is 1.00 bits per heavy atom. The van der Waals surface area contributed by atoms with Crippen molar-refractivity contribution in [3.05, 3.63) is 71.0 Å². The molecule has 0 aliphatic heterocycles. The minimum absolute atomic E-state index is 0.0444. The minimum Gasteiger partial charge on any atom is -0.475 e. The van der Waals surface area contributed by atoms with E-state index in [9.17, 15) is 22.8 Å². The maximum atomic E-state index is 13.8. The number of nitrogens with one attached hydrogen (secondary N) is 2. The fourth-order valence-electron chi connectivity index (χ4n) is 2.29. The molecular weight excluding hydrogens is 419 g/mol. The molecular formula is C20H16F3N3O3S. The number of aromatic nitrogens is 1. The summed E-state index contributed by atoms with van der Waals surface area (Å²) in [5.41, 5.74) is -1.08. The lowest BCUT2D eigenvalue weighted by molar-refractivity contribution is -0.128. The van der Waals surface area contributed by atoms with Crippen molar-refractivity contribution in [1.29, 1.82) is 0 Å². The smallest absolute Gasteiger partial charge is 0.275 e. The summed E-state index contributed by atoms with van der Waals surface area (Å²) in [7, 11) is 0. The molecule has 0 bridgehead atoms. The molecule has 2 aromatic carbocycles. The van der Waals surface area contributed by atoms with E-state index in [2.05, 4.69) is 15.6 Å². The van der Waals surface area contributed by atoms with E-state index in [0.29, 0.717) is 11.8 Å². The number of ether oxygens (including phenoxy) is 1. The normalized spacial score (nSPS) is 11.1. The molecule has 6 nitrogen and oxygen atoms in total. The van der Waals surface area contributed by atoms with Gasteiger partial charge in [0.15, 0.2) is 22.3 Å². The molecule has 10 heteroatoms. The van der Waals surface area contributed by atoms with Crippen LogP contribution in [-0.4, -0.2) is 22.4 Å². The number of hydrogen-bond acceptors (Lipinski definition) is 5. The molecule has 0 unspecified atom stereocenters. The van der Waals surface area contributed by atoms with Gasteiger partial charge < -0.3 is 10.1 Å². The number of carbonyl (C=O) groups is 2. The monoisotopic (exact) mass is 435 g/mol. The molecule has 0 fully saturated rings.